The molecule has 17 heteroatoms. The van der Waals surface area contributed by atoms with E-state index >= 15 is 9.59 Å². The molecule has 1 unspecified atom stereocenters. The zero-order valence-electron chi connectivity index (χ0n) is 39.3. The SMILES string of the molecule is CC(=O)O[C@H]1C(=O)[C@@]2(C)C([C@H](OC(=O)c3ccccc3)[C@]3(O)C[C@H](OC(=O)[C@H](OC(=O)CN(C)C)[C@@H](NC(=O)c4ccccc4)c4ccccc4)C(C)=C1C3(C)C)[C@]1(OC(C)=O)CO[C@@H]1C[C@@H]2O. The predicted octanol–water partition coefficient (Wildman–Crippen LogP) is 3.85. The number of carbonyl (C=O) groups excluding carboxylic acids is 7. The molecule has 17 nitrogen and oxygen atoms in total. The number of carbonyl (C=O) groups is 7. The van der Waals surface area contributed by atoms with Gasteiger partial charge < -0.3 is 44.0 Å². The van der Waals surface area contributed by atoms with Crippen LogP contribution < -0.4 is 5.32 Å². The van der Waals surface area contributed by atoms with Crippen molar-refractivity contribution in [2.45, 2.75) is 108 Å². The summed E-state index contributed by atoms with van der Waals surface area (Å²) in [5, 5.41) is 28.9. The minimum atomic E-state index is -2.44. The maximum absolute atomic E-state index is 15.7. The van der Waals surface area contributed by atoms with Crippen LogP contribution in [0.25, 0.3) is 0 Å². The lowest BCUT2D eigenvalue weighted by Gasteiger charge is -2.67. The molecule has 362 valence electrons. The Morgan fingerprint density at radius 3 is 1.97 bits per heavy atom. The third-order valence-corrected chi connectivity index (χ3v) is 14.2. The van der Waals surface area contributed by atoms with E-state index < -0.39 is 119 Å². The molecular formula is C51H58N2O15. The standard InChI is InChI=1S/C51H58N2O15/c1-28-34(65-47(61)41(66-37(57)26-53(7)8)39(31-18-12-9-13-19-31)52-45(59)32-20-14-10-15-21-32)25-51(62)44(67-46(60)33-22-16-11-17-23-33)42-49(6,35(56)24-36-50(42,27-63-36)68-30(3)55)43(58)40(64-29(2)54)38(28)48(51,4)5/h9-23,34-36,39-42,44,56,62H,24-27H2,1-8H3,(H,52,59)/t34-,35-,36+,39-,40+,41+,42?,44-,49+,50-,51+/m0/s1. The molecule has 0 spiro atoms. The zero-order chi connectivity index (χ0) is 49.5. The summed E-state index contributed by atoms with van der Waals surface area (Å²) >= 11 is 0. The Kier molecular flexibility index (Phi) is 13.9. The quantitative estimate of drug-likeness (QED) is 0.126. The number of nitrogens with zero attached hydrogens (tertiary/aromatic N) is 1. The van der Waals surface area contributed by atoms with Crippen molar-refractivity contribution in [2.24, 2.45) is 16.7 Å². The van der Waals surface area contributed by atoms with E-state index in [4.69, 9.17) is 28.4 Å². The predicted molar refractivity (Wildman–Crippen MR) is 240 cm³/mol. The average molecular weight is 939 g/mol. The third-order valence-electron chi connectivity index (χ3n) is 14.2. The van der Waals surface area contributed by atoms with Gasteiger partial charge >= 0.3 is 29.8 Å². The van der Waals surface area contributed by atoms with Gasteiger partial charge in [-0.05, 0) is 68.9 Å². The van der Waals surface area contributed by atoms with E-state index in [9.17, 15) is 34.2 Å². The lowest BCUT2D eigenvalue weighted by Crippen LogP contribution is -2.82. The number of amides is 1. The van der Waals surface area contributed by atoms with E-state index in [-0.39, 0.29) is 41.8 Å². The number of Topliss-reactive ketones (excluding diaryl/α,β-unsaturated/α-hetero) is 1. The normalized spacial score (nSPS) is 30.1. The van der Waals surface area contributed by atoms with Gasteiger partial charge in [0.2, 0.25) is 6.10 Å². The van der Waals surface area contributed by atoms with Crippen molar-refractivity contribution in [3.8, 4) is 0 Å². The number of aliphatic hydroxyl groups excluding tert-OH is 1. The second-order valence-corrected chi connectivity index (χ2v) is 19.1. The monoisotopic (exact) mass is 938 g/mol. The molecule has 4 aliphatic rings. The Hall–Kier alpha value is -6.27. The smallest absolute Gasteiger partial charge is 0.350 e. The van der Waals surface area contributed by atoms with E-state index in [1.54, 1.807) is 107 Å². The first-order valence-corrected chi connectivity index (χ1v) is 22.4. The van der Waals surface area contributed by atoms with Gasteiger partial charge in [-0.1, -0.05) is 80.6 Å². The van der Waals surface area contributed by atoms with Gasteiger partial charge in [-0.2, -0.15) is 0 Å². The first-order valence-electron chi connectivity index (χ1n) is 22.4. The Morgan fingerprint density at radius 1 is 0.838 bits per heavy atom. The molecule has 3 aromatic carbocycles. The molecule has 3 aliphatic carbocycles. The average Bonchev–Trinajstić information content (AvgIpc) is 3.28. The highest BCUT2D eigenvalue weighted by Crippen LogP contribution is 2.64. The van der Waals surface area contributed by atoms with Crippen LogP contribution in [0.4, 0.5) is 0 Å². The largest absolute Gasteiger partial charge is 0.455 e. The Morgan fingerprint density at radius 2 is 1.43 bits per heavy atom. The molecule has 1 saturated heterocycles. The van der Waals surface area contributed by atoms with Crippen LogP contribution >= 0.6 is 0 Å². The summed E-state index contributed by atoms with van der Waals surface area (Å²) in [6, 6.07) is 22.9. The minimum absolute atomic E-state index is 0.0245. The lowest BCUT2D eigenvalue weighted by atomic mass is 9.44. The van der Waals surface area contributed by atoms with Gasteiger partial charge in [0.15, 0.2) is 17.5 Å². The summed E-state index contributed by atoms with van der Waals surface area (Å²) in [6.45, 7) is 7.66. The number of nitrogens with one attached hydrogen (secondary N) is 1. The Labute approximate surface area is 394 Å². The summed E-state index contributed by atoms with van der Waals surface area (Å²) in [6.07, 6.45) is -10.6. The van der Waals surface area contributed by atoms with Crippen molar-refractivity contribution >= 4 is 41.5 Å². The molecule has 11 atom stereocenters. The van der Waals surface area contributed by atoms with Crippen LogP contribution in [0.15, 0.2) is 102 Å². The minimum Gasteiger partial charge on any atom is -0.455 e. The summed E-state index contributed by atoms with van der Waals surface area (Å²) < 4.78 is 36.7. The highest BCUT2D eigenvalue weighted by Gasteiger charge is 2.78. The van der Waals surface area contributed by atoms with Crippen LogP contribution in [0.1, 0.15) is 86.7 Å². The molecule has 3 N–H and O–H groups in total. The van der Waals surface area contributed by atoms with Crippen molar-refractivity contribution in [1.29, 1.82) is 0 Å². The molecule has 7 rings (SSSR count). The van der Waals surface area contributed by atoms with Crippen molar-refractivity contribution < 1.29 is 72.2 Å². The van der Waals surface area contributed by atoms with Gasteiger partial charge in [0.05, 0.1) is 36.2 Å². The van der Waals surface area contributed by atoms with Crippen LogP contribution in [0, 0.1) is 16.7 Å². The van der Waals surface area contributed by atoms with Gasteiger partial charge in [0.25, 0.3) is 5.91 Å². The summed E-state index contributed by atoms with van der Waals surface area (Å²) in [5.74, 6) is -7.76. The molecule has 2 saturated carbocycles. The number of ketones is 1. The molecule has 0 radical (unpaired) electrons. The maximum atomic E-state index is 15.7. The van der Waals surface area contributed by atoms with Crippen molar-refractivity contribution in [3.05, 3.63) is 119 Å². The van der Waals surface area contributed by atoms with Crippen molar-refractivity contribution in [1.82, 2.24) is 10.2 Å². The van der Waals surface area contributed by atoms with Crippen molar-refractivity contribution in [3.63, 3.8) is 0 Å². The van der Waals surface area contributed by atoms with E-state index in [1.165, 1.54) is 30.9 Å². The number of hydrogen-bond donors (Lipinski definition) is 3. The highest BCUT2D eigenvalue weighted by atomic mass is 16.6. The number of ether oxygens (including phenoxy) is 6. The topological polar surface area (TPSA) is 231 Å². The molecule has 3 aromatic rings. The van der Waals surface area contributed by atoms with Crippen LogP contribution in [-0.2, 0) is 52.4 Å². The van der Waals surface area contributed by atoms with Crippen LogP contribution in [0.3, 0.4) is 0 Å². The number of hydrogen-bond acceptors (Lipinski definition) is 16. The number of fused-ring (bicyclic) bond motifs is 5. The second-order valence-electron chi connectivity index (χ2n) is 19.1. The molecule has 3 fully saturated rings. The van der Waals surface area contributed by atoms with E-state index in [0.717, 1.165) is 13.8 Å². The number of benzene rings is 3. The highest BCUT2D eigenvalue weighted by molar-refractivity contribution is 5.96. The van der Waals surface area contributed by atoms with Crippen LogP contribution in [0.2, 0.25) is 0 Å². The first-order chi connectivity index (χ1) is 32.1. The van der Waals surface area contributed by atoms with Gasteiger partial charge in [-0.3, -0.25) is 28.9 Å². The molecule has 1 heterocycles. The van der Waals surface area contributed by atoms with Gasteiger partial charge in [0, 0.05) is 37.7 Å². The Bertz CT molecular complexity index is 2480. The summed E-state index contributed by atoms with van der Waals surface area (Å²) in [4.78, 5) is 100. The summed E-state index contributed by atoms with van der Waals surface area (Å²) in [5.41, 5.74) is -7.26. The second kappa shape index (κ2) is 19.0. The molecule has 1 aliphatic heterocycles. The number of esters is 5. The van der Waals surface area contributed by atoms with Gasteiger partial charge in [0.1, 0.15) is 30.0 Å². The number of likely N-dealkylation sites (N-methyl/N-ethyl adjacent to an activating group) is 1. The number of aliphatic hydroxyl groups is 2. The van der Waals surface area contributed by atoms with Gasteiger partial charge in [-0.25, -0.2) is 9.59 Å². The van der Waals surface area contributed by atoms with Gasteiger partial charge in [-0.15, -0.1) is 0 Å². The van der Waals surface area contributed by atoms with Crippen LogP contribution in [-0.4, -0.2) is 132 Å². The Balaban J connectivity index is 1.43. The fraction of sp³-hybridized carbons (Fsp3) is 0.471. The fourth-order valence-corrected chi connectivity index (χ4v) is 10.7. The maximum Gasteiger partial charge on any atom is 0.350 e. The molecule has 0 aromatic heterocycles. The molecule has 68 heavy (non-hydrogen) atoms. The lowest BCUT2D eigenvalue weighted by molar-refractivity contribution is -0.346. The van der Waals surface area contributed by atoms with E-state index in [0.29, 0.717) is 5.56 Å². The molecule has 1 amide bonds. The first kappa shape index (κ1) is 49.6. The zero-order valence-corrected chi connectivity index (χ0v) is 39.3. The van der Waals surface area contributed by atoms with Crippen LogP contribution in [0.5, 0.6) is 0 Å². The number of rotatable bonds is 13. The fourth-order valence-electron chi connectivity index (χ4n) is 10.7. The van der Waals surface area contributed by atoms with E-state index in [1.807, 2.05) is 0 Å². The molecule has 2 bridgehead atoms. The van der Waals surface area contributed by atoms with Crippen molar-refractivity contribution in [2.75, 3.05) is 27.2 Å². The molecular weight excluding hydrogens is 881 g/mol. The summed E-state index contributed by atoms with van der Waals surface area (Å²) in [7, 11) is 3.24. The van der Waals surface area contributed by atoms with E-state index in [2.05, 4.69) is 5.32 Å². The third kappa shape index (κ3) is 8.83.